The average Bonchev–Trinajstić information content (AvgIpc) is 3.17. The molecule has 2 fully saturated rings. The number of hydrogen-bond donors (Lipinski definition) is 1. The van der Waals surface area contributed by atoms with Gasteiger partial charge in [-0.3, -0.25) is 4.79 Å². The topological polar surface area (TPSA) is 52.7 Å². The van der Waals surface area contributed by atoms with Crippen molar-refractivity contribution in [1.29, 1.82) is 0 Å². The summed E-state index contributed by atoms with van der Waals surface area (Å²) < 4.78 is 13.7. The number of para-hydroxylation sites is 1. The fraction of sp³-hybridized carbons (Fsp3) is 0.579. The van der Waals surface area contributed by atoms with Crippen molar-refractivity contribution in [2.45, 2.75) is 44.6 Å². The number of piperidine rings is 1. The molecule has 1 aliphatic carbocycles. The Balaban J connectivity index is 1.59. The van der Waals surface area contributed by atoms with E-state index in [-0.39, 0.29) is 23.5 Å². The van der Waals surface area contributed by atoms with E-state index in [0.29, 0.717) is 19.1 Å². The van der Waals surface area contributed by atoms with Gasteiger partial charge in [-0.25, -0.2) is 9.18 Å². The largest absolute Gasteiger partial charge is 0.342 e. The summed E-state index contributed by atoms with van der Waals surface area (Å²) in [4.78, 5) is 28.7. The molecule has 1 N–H and O–H groups in total. The summed E-state index contributed by atoms with van der Waals surface area (Å²) in [5.74, 6) is -0.484. The van der Waals surface area contributed by atoms with Crippen molar-refractivity contribution in [2.24, 2.45) is 5.92 Å². The third-order valence-corrected chi connectivity index (χ3v) is 5.39. The van der Waals surface area contributed by atoms with Gasteiger partial charge in [-0.15, -0.1) is 0 Å². The molecule has 0 radical (unpaired) electrons. The SMILES string of the molecule is CN(C(=O)C1CCCN(C(=O)Nc2ccccc2F)C1)C1CCCC1. The molecule has 2 aliphatic rings. The molecular weight excluding hydrogens is 321 g/mol. The van der Waals surface area contributed by atoms with Gasteiger partial charge in [-0.2, -0.15) is 0 Å². The van der Waals surface area contributed by atoms with Gasteiger partial charge in [-0.05, 0) is 37.8 Å². The summed E-state index contributed by atoms with van der Waals surface area (Å²) in [6, 6.07) is 6.11. The third kappa shape index (κ3) is 4.11. The average molecular weight is 347 g/mol. The van der Waals surface area contributed by atoms with Gasteiger partial charge >= 0.3 is 6.03 Å². The van der Waals surface area contributed by atoms with Crippen LogP contribution in [0.4, 0.5) is 14.9 Å². The number of urea groups is 1. The maximum atomic E-state index is 13.7. The second kappa shape index (κ2) is 7.85. The standard InChI is InChI=1S/C19H26FN3O2/c1-22(15-8-2-3-9-15)18(24)14-7-6-12-23(13-14)19(25)21-17-11-5-4-10-16(17)20/h4-5,10-11,14-15H,2-3,6-9,12-13H2,1H3,(H,21,25). The first-order valence-electron chi connectivity index (χ1n) is 9.13. The summed E-state index contributed by atoms with van der Waals surface area (Å²) in [5, 5.41) is 2.61. The lowest BCUT2D eigenvalue weighted by molar-refractivity contribution is -0.137. The number of carbonyl (C=O) groups is 2. The number of halogens is 1. The number of hydrogen-bond acceptors (Lipinski definition) is 2. The smallest absolute Gasteiger partial charge is 0.321 e. The van der Waals surface area contributed by atoms with Crippen molar-refractivity contribution in [3.8, 4) is 0 Å². The van der Waals surface area contributed by atoms with Gasteiger partial charge in [0.25, 0.3) is 0 Å². The molecule has 5 nitrogen and oxygen atoms in total. The molecule has 3 rings (SSSR count). The van der Waals surface area contributed by atoms with Crippen LogP contribution in [-0.4, -0.2) is 47.9 Å². The molecule has 1 heterocycles. The Kier molecular flexibility index (Phi) is 5.56. The van der Waals surface area contributed by atoms with E-state index in [1.165, 1.54) is 25.0 Å². The number of rotatable bonds is 3. The number of amides is 3. The Morgan fingerprint density at radius 3 is 2.60 bits per heavy atom. The Labute approximate surface area is 148 Å². The van der Waals surface area contributed by atoms with E-state index in [0.717, 1.165) is 25.7 Å². The minimum Gasteiger partial charge on any atom is -0.342 e. The van der Waals surface area contributed by atoms with Crippen LogP contribution in [0.1, 0.15) is 38.5 Å². The summed E-state index contributed by atoms with van der Waals surface area (Å²) >= 11 is 0. The number of likely N-dealkylation sites (tertiary alicyclic amines) is 1. The predicted molar refractivity (Wildman–Crippen MR) is 94.7 cm³/mol. The molecule has 0 spiro atoms. The molecular formula is C19H26FN3O2. The van der Waals surface area contributed by atoms with Crippen LogP contribution in [0.15, 0.2) is 24.3 Å². The minimum absolute atomic E-state index is 0.135. The summed E-state index contributed by atoms with van der Waals surface area (Å²) in [6.45, 7) is 0.993. The second-order valence-corrected chi connectivity index (χ2v) is 7.08. The van der Waals surface area contributed by atoms with Crippen molar-refractivity contribution in [1.82, 2.24) is 9.80 Å². The Hall–Kier alpha value is -2.11. The number of benzene rings is 1. The molecule has 1 aromatic rings. The van der Waals surface area contributed by atoms with Gasteiger partial charge in [0.2, 0.25) is 5.91 Å². The van der Waals surface area contributed by atoms with Crippen LogP contribution in [0.5, 0.6) is 0 Å². The number of anilines is 1. The Morgan fingerprint density at radius 2 is 1.88 bits per heavy atom. The first kappa shape index (κ1) is 17.7. The van der Waals surface area contributed by atoms with E-state index in [1.54, 1.807) is 17.0 Å². The van der Waals surface area contributed by atoms with Crippen molar-refractivity contribution in [2.75, 3.05) is 25.5 Å². The van der Waals surface area contributed by atoms with E-state index < -0.39 is 5.82 Å². The molecule has 25 heavy (non-hydrogen) atoms. The van der Waals surface area contributed by atoms with Crippen LogP contribution in [0.3, 0.4) is 0 Å². The van der Waals surface area contributed by atoms with Gasteiger partial charge in [-0.1, -0.05) is 25.0 Å². The lowest BCUT2D eigenvalue weighted by Crippen LogP contribution is -2.48. The highest BCUT2D eigenvalue weighted by Gasteiger charge is 2.33. The maximum Gasteiger partial charge on any atom is 0.321 e. The van der Waals surface area contributed by atoms with Crippen LogP contribution in [-0.2, 0) is 4.79 Å². The van der Waals surface area contributed by atoms with E-state index in [1.807, 2.05) is 11.9 Å². The lowest BCUT2D eigenvalue weighted by atomic mass is 9.96. The highest BCUT2D eigenvalue weighted by Crippen LogP contribution is 2.26. The molecule has 3 amide bonds. The number of carbonyl (C=O) groups excluding carboxylic acids is 2. The van der Waals surface area contributed by atoms with E-state index >= 15 is 0 Å². The first-order valence-corrected chi connectivity index (χ1v) is 9.13. The fourth-order valence-electron chi connectivity index (χ4n) is 3.88. The molecule has 1 aromatic carbocycles. The molecule has 136 valence electrons. The van der Waals surface area contributed by atoms with E-state index in [2.05, 4.69) is 5.32 Å². The molecule has 0 bridgehead atoms. The van der Waals surface area contributed by atoms with Crippen LogP contribution in [0.25, 0.3) is 0 Å². The van der Waals surface area contributed by atoms with Gasteiger partial charge < -0.3 is 15.1 Å². The lowest BCUT2D eigenvalue weighted by Gasteiger charge is -2.35. The molecule has 1 aliphatic heterocycles. The van der Waals surface area contributed by atoms with Crippen LogP contribution < -0.4 is 5.32 Å². The van der Waals surface area contributed by atoms with Crippen molar-refractivity contribution >= 4 is 17.6 Å². The number of nitrogens with one attached hydrogen (secondary N) is 1. The van der Waals surface area contributed by atoms with Crippen LogP contribution in [0, 0.1) is 11.7 Å². The fourth-order valence-corrected chi connectivity index (χ4v) is 3.88. The quantitative estimate of drug-likeness (QED) is 0.910. The molecule has 1 atom stereocenters. The van der Waals surface area contributed by atoms with E-state index in [9.17, 15) is 14.0 Å². The maximum absolute atomic E-state index is 13.7. The molecule has 1 saturated heterocycles. The van der Waals surface area contributed by atoms with Crippen molar-refractivity contribution in [3.63, 3.8) is 0 Å². The Bertz CT molecular complexity index is 631. The van der Waals surface area contributed by atoms with Crippen molar-refractivity contribution in [3.05, 3.63) is 30.1 Å². The Morgan fingerprint density at radius 1 is 1.16 bits per heavy atom. The zero-order valence-electron chi connectivity index (χ0n) is 14.7. The predicted octanol–water partition coefficient (Wildman–Crippen LogP) is 3.47. The normalized spacial score (nSPS) is 21.2. The monoisotopic (exact) mass is 347 g/mol. The zero-order chi connectivity index (χ0) is 17.8. The molecule has 1 saturated carbocycles. The molecule has 0 aromatic heterocycles. The van der Waals surface area contributed by atoms with E-state index in [4.69, 9.17) is 0 Å². The van der Waals surface area contributed by atoms with Crippen molar-refractivity contribution < 1.29 is 14.0 Å². The minimum atomic E-state index is -0.457. The summed E-state index contributed by atoms with van der Waals surface area (Å²) in [5.41, 5.74) is 0.170. The van der Waals surface area contributed by atoms with Gasteiger partial charge in [0.1, 0.15) is 5.82 Å². The van der Waals surface area contributed by atoms with Crippen LogP contribution in [0.2, 0.25) is 0 Å². The summed E-state index contributed by atoms with van der Waals surface area (Å²) in [6.07, 6.45) is 6.12. The summed E-state index contributed by atoms with van der Waals surface area (Å²) in [7, 11) is 1.89. The highest BCUT2D eigenvalue weighted by atomic mass is 19.1. The number of nitrogens with zero attached hydrogens (tertiary/aromatic N) is 2. The highest BCUT2D eigenvalue weighted by molar-refractivity contribution is 5.90. The molecule has 6 heteroatoms. The van der Waals surface area contributed by atoms with Gasteiger partial charge in [0.15, 0.2) is 0 Å². The van der Waals surface area contributed by atoms with Gasteiger partial charge in [0.05, 0.1) is 11.6 Å². The second-order valence-electron chi connectivity index (χ2n) is 7.08. The third-order valence-electron chi connectivity index (χ3n) is 5.39. The zero-order valence-corrected chi connectivity index (χ0v) is 14.7. The van der Waals surface area contributed by atoms with Gasteiger partial charge in [0, 0.05) is 26.2 Å². The first-order chi connectivity index (χ1) is 12.1. The molecule has 1 unspecified atom stereocenters. The van der Waals surface area contributed by atoms with Crippen LogP contribution >= 0.6 is 0 Å².